The number of carbonyl (C=O) groups excluding carboxylic acids is 1. The van der Waals surface area contributed by atoms with Gasteiger partial charge in [-0.25, -0.2) is 10.2 Å². The minimum atomic E-state index is -0.879. The van der Waals surface area contributed by atoms with Gasteiger partial charge in [-0.2, -0.15) is 5.10 Å². The smallest absolute Gasteiger partial charge is 0.339 e. The average molecular weight is 329 g/mol. The zero-order chi connectivity index (χ0) is 17.5. The lowest BCUT2D eigenvalue weighted by Crippen LogP contribution is -2.25. The van der Waals surface area contributed by atoms with Crippen molar-refractivity contribution in [3.63, 3.8) is 0 Å². The molecule has 0 bridgehead atoms. The normalized spacial score (nSPS) is 11.2. The number of hydrazone groups is 1. The largest absolute Gasteiger partial charge is 0.481 e. The molecule has 2 aromatic rings. The fourth-order valence-electron chi connectivity index (χ4n) is 2.13. The zero-order valence-corrected chi connectivity index (χ0v) is 13.5. The van der Waals surface area contributed by atoms with Crippen molar-refractivity contribution in [3.8, 4) is 0 Å². The number of aliphatic carboxylic acids is 1. The molecular weight excluding hydrogens is 310 g/mol. The number of carboxylic acid groups (broad SMARTS) is 1. The molecule has 1 aromatic carbocycles. The van der Waals surface area contributed by atoms with Gasteiger partial charge in [0.15, 0.2) is 0 Å². The maximum absolute atomic E-state index is 11.8. The monoisotopic (exact) mass is 329 g/mol. The van der Waals surface area contributed by atoms with E-state index in [4.69, 9.17) is 9.52 Å². The number of urea groups is 1. The van der Waals surface area contributed by atoms with Gasteiger partial charge in [-0.1, -0.05) is 18.2 Å². The fourth-order valence-corrected chi connectivity index (χ4v) is 2.13. The average Bonchev–Trinajstić information content (AvgIpc) is 2.92. The number of carbonyl (C=O) groups is 2. The van der Waals surface area contributed by atoms with Crippen molar-refractivity contribution in [1.82, 2.24) is 5.43 Å². The van der Waals surface area contributed by atoms with Crippen molar-refractivity contribution in [2.75, 3.05) is 5.32 Å². The highest BCUT2D eigenvalue weighted by atomic mass is 16.4. The van der Waals surface area contributed by atoms with Gasteiger partial charge in [-0.15, -0.1) is 0 Å². The first-order chi connectivity index (χ1) is 11.5. The first kappa shape index (κ1) is 17.3. The Morgan fingerprint density at radius 2 is 1.96 bits per heavy atom. The molecule has 3 N–H and O–H groups in total. The second-order valence-corrected chi connectivity index (χ2v) is 5.21. The molecular formula is C17H19N3O4. The lowest BCUT2D eigenvalue weighted by Gasteiger charge is -2.04. The van der Waals surface area contributed by atoms with E-state index in [0.29, 0.717) is 29.3 Å². The number of carboxylic acids is 1. The topological polar surface area (TPSA) is 104 Å². The first-order valence-electron chi connectivity index (χ1n) is 7.43. The first-order valence-corrected chi connectivity index (χ1v) is 7.43. The van der Waals surface area contributed by atoms with Gasteiger partial charge < -0.3 is 14.8 Å². The van der Waals surface area contributed by atoms with Crippen molar-refractivity contribution in [1.29, 1.82) is 0 Å². The van der Waals surface area contributed by atoms with Gasteiger partial charge in [0, 0.05) is 17.7 Å². The summed E-state index contributed by atoms with van der Waals surface area (Å²) in [4.78, 5) is 22.4. The maximum Gasteiger partial charge on any atom is 0.339 e. The number of aryl methyl sites for hydroxylation is 2. The Morgan fingerprint density at radius 3 is 2.62 bits per heavy atom. The van der Waals surface area contributed by atoms with Crippen molar-refractivity contribution in [2.45, 2.75) is 26.7 Å². The zero-order valence-electron chi connectivity index (χ0n) is 13.5. The third kappa shape index (κ3) is 4.98. The van der Waals surface area contributed by atoms with Crippen LogP contribution in [0.3, 0.4) is 0 Å². The van der Waals surface area contributed by atoms with Crippen LogP contribution in [0.5, 0.6) is 0 Å². The number of nitrogens with zero attached hydrogens (tertiary/aromatic N) is 1. The quantitative estimate of drug-likeness (QED) is 0.559. The molecule has 2 amide bonds. The predicted molar refractivity (Wildman–Crippen MR) is 90.2 cm³/mol. The fraction of sp³-hybridized carbons (Fsp3) is 0.235. The number of anilines is 1. The Kier molecular flexibility index (Phi) is 5.73. The van der Waals surface area contributed by atoms with Gasteiger partial charge in [0.05, 0.1) is 12.1 Å². The number of hydrogen-bond donors (Lipinski definition) is 3. The van der Waals surface area contributed by atoms with Gasteiger partial charge >= 0.3 is 12.0 Å². The van der Waals surface area contributed by atoms with Crippen LogP contribution >= 0.6 is 0 Å². The lowest BCUT2D eigenvalue weighted by atomic mass is 10.1. The summed E-state index contributed by atoms with van der Waals surface area (Å²) in [7, 11) is 0. The van der Waals surface area contributed by atoms with Crippen LogP contribution in [0.25, 0.3) is 0 Å². The molecule has 0 saturated heterocycles. The maximum atomic E-state index is 11.8. The van der Waals surface area contributed by atoms with Crippen molar-refractivity contribution in [2.24, 2.45) is 5.10 Å². The van der Waals surface area contributed by atoms with Crippen molar-refractivity contribution >= 4 is 23.4 Å². The number of amides is 2. The van der Waals surface area contributed by atoms with E-state index in [0.717, 1.165) is 5.56 Å². The molecule has 0 unspecified atom stereocenters. The molecule has 7 heteroatoms. The SMILES string of the molecule is C/C(=N/NC(=O)Nc1ccccc1)c1cc(CCC(=O)O)oc1C. The van der Waals surface area contributed by atoms with E-state index >= 15 is 0 Å². The Labute approximate surface area is 139 Å². The summed E-state index contributed by atoms with van der Waals surface area (Å²) in [6.07, 6.45) is 0.311. The van der Waals surface area contributed by atoms with Gasteiger partial charge in [0.2, 0.25) is 0 Å². The van der Waals surface area contributed by atoms with E-state index in [1.165, 1.54) is 0 Å². The molecule has 1 aromatic heterocycles. The highest BCUT2D eigenvalue weighted by Crippen LogP contribution is 2.17. The van der Waals surface area contributed by atoms with Crippen molar-refractivity contribution in [3.05, 3.63) is 53.5 Å². The van der Waals surface area contributed by atoms with Crippen LogP contribution in [0.1, 0.15) is 30.4 Å². The van der Waals surface area contributed by atoms with Crippen LogP contribution in [-0.4, -0.2) is 22.8 Å². The molecule has 0 spiro atoms. The second kappa shape index (κ2) is 7.96. The molecule has 1 heterocycles. The molecule has 0 atom stereocenters. The third-order valence-electron chi connectivity index (χ3n) is 3.30. The lowest BCUT2D eigenvalue weighted by molar-refractivity contribution is -0.137. The molecule has 0 aliphatic carbocycles. The predicted octanol–water partition coefficient (Wildman–Crippen LogP) is 3.15. The summed E-state index contributed by atoms with van der Waals surface area (Å²) in [6.45, 7) is 3.50. The van der Waals surface area contributed by atoms with E-state index in [-0.39, 0.29) is 6.42 Å². The highest BCUT2D eigenvalue weighted by molar-refractivity contribution is 6.00. The van der Waals surface area contributed by atoms with Crippen LogP contribution in [-0.2, 0) is 11.2 Å². The van der Waals surface area contributed by atoms with E-state index in [1.54, 1.807) is 32.0 Å². The Morgan fingerprint density at radius 1 is 1.25 bits per heavy atom. The molecule has 2 rings (SSSR count). The number of furan rings is 1. The van der Waals surface area contributed by atoms with Gasteiger partial charge in [0.1, 0.15) is 11.5 Å². The number of benzene rings is 1. The van der Waals surface area contributed by atoms with Crippen LogP contribution in [0.4, 0.5) is 10.5 Å². The molecule has 126 valence electrons. The number of rotatable bonds is 6. The molecule has 0 aliphatic heterocycles. The third-order valence-corrected chi connectivity index (χ3v) is 3.30. The van der Waals surface area contributed by atoms with E-state index in [9.17, 15) is 9.59 Å². The van der Waals surface area contributed by atoms with Gasteiger partial charge in [-0.3, -0.25) is 4.79 Å². The van der Waals surface area contributed by atoms with E-state index < -0.39 is 12.0 Å². The molecule has 24 heavy (non-hydrogen) atoms. The summed E-state index contributed by atoms with van der Waals surface area (Å²) in [5, 5.41) is 15.4. The highest BCUT2D eigenvalue weighted by Gasteiger charge is 2.12. The molecule has 0 aliphatic rings. The Hall–Kier alpha value is -3.09. The second-order valence-electron chi connectivity index (χ2n) is 5.21. The standard InChI is InChI=1S/C17H19N3O4/c1-11(15-10-14(24-12(15)2)8-9-16(21)22)19-20-17(23)18-13-6-4-3-5-7-13/h3-7,10H,8-9H2,1-2H3,(H,21,22)(H2,18,20,23)/b19-11-. The van der Waals surface area contributed by atoms with Crippen LogP contribution in [0.15, 0.2) is 45.9 Å². The summed E-state index contributed by atoms with van der Waals surface area (Å²) in [6, 6.07) is 10.3. The number of nitrogens with one attached hydrogen (secondary N) is 2. The minimum Gasteiger partial charge on any atom is -0.481 e. The summed E-state index contributed by atoms with van der Waals surface area (Å²) < 4.78 is 5.52. The number of para-hydroxylation sites is 1. The molecule has 0 fully saturated rings. The van der Waals surface area contributed by atoms with Crippen LogP contribution in [0.2, 0.25) is 0 Å². The molecule has 0 saturated carbocycles. The molecule has 7 nitrogen and oxygen atoms in total. The minimum absolute atomic E-state index is 0.000313. The van der Waals surface area contributed by atoms with E-state index in [1.807, 2.05) is 18.2 Å². The van der Waals surface area contributed by atoms with Gasteiger partial charge in [-0.05, 0) is 32.0 Å². The van der Waals surface area contributed by atoms with Gasteiger partial charge in [0.25, 0.3) is 0 Å². The Bertz CT molecular complexity index is 750. The Balaban J connectivity index is 1.97. The molecule has 0 radical (unpaired) electrons. The van der Waals surface area contributed by atoms with Crippen LogP contribution < -0.4 is 10.7 Å². The summed E-state index contributed by atoms with van der Waals surface area (Å²) in [5.74, 6) is 0.324. The van der Waals surface area contributed by atoms with Crippen molar-refractivity contribution < 1.29 is 19.1 Å². The summed E-state index contributed by atoms with van der Waals surface area (Å²) >= 11 is 0. The van der Waals surface area contributed by atoms with Crippen LogP contribution in [0, 0.1) is 6.92 Å². The number of hydrogen-bond acceptors (Lipinski definition) is 4. The summed E-state index contributed by atoms with van der Waals surface area (Å²) in [5.41, 5.74) is 4.39. The van der Waals surface area contributed by atoms with E-state index in [2.05, 4.69) is 15.8 Å².